The standard InChI is InChI=1S/C28H46O10/c1-6-24(29)35-17-13-23(20-36-25(30)7-2)12-11-16-34-19-15-28(14-18-33-10-5,21-37-26(31)8-3)22-38-27(32)9-4/h23H,6-13,15-17,19-22H2,1-5H3. The van der Waals surface area contributed by atoms with Crippen LogP contribution in [-0.4, -0.2) is 70.1 Å². The van der Waals surface area contributed by atoms with Gasteiger partial charge in [-0.1, -0.05) is 27.7 Å². The topological polar surface area (TPSA) is 124 Å². The van der Waals surface area contributed by atoms with Gasteiger partial charge in [-0.25, -0.2) is 0 Å². The number of carbonyl (C=O) groups is 4. The van der Waals surface area contributed by atoms with Crippen LogP contribution in [0, 0.1) is 23.4 Å². The molecule has 0 amide bonds. The number of hydrogen-bond acceptors (Lipinski definition) is 10. The van der Waals surface area contributed by atoms with E-state index in [9.17, 15) is 19.2 Å². The summed E-state index contributed by atoms with van der Waals surface area (Å²) in [5, 5.41) is 0. The van der Waals surface area contributed by atoms with Crippen molar-refractivity contribution in [3.63, 3.8) is 0 Å². The summed E-state index contributed by atoms with van der Waals surface area (Å²) in [7, 11) is 0. The Morgan fingerprint density at radius 1 is 0.684 bits per heavy atom. The van der Waals surface area contributed by atoms with E-state index in [1.165, 1.54) is 0 Å². The molecule has 0 fully saturated rings. The summed E-state index contributed by atoms with van der Waals surface area (Å²) < 4.78 is 32.2. The van der Waals surface area contributed by atoms with E-state index in [1.807, 2.05) is 0 Å². The van der Waals surface area contributed by atoms with Crippen LogP contribution in [0.4, 0.5) is 0 Å². The Morgan fingerprint density at radius 2 is 1.24 bits per heavy atom. The smallest absolute Gasteiger partial charge is 0.305 e. The van der Waals surface area contributed by atoms with Gasteiger partial charge in [-0.05, 0) is 44.4 Å². The van der Waals surface area contributed by atoms with Crippen LogP contribution in [0.3, 0.4) is 0 Å². The molecule has 0 rings (SSSR count). The highest BCUT2D eigenvalue weighted by Crippen LogP contribution is 2.24. The summed E-state index contributed by atoms with van der Waals surface area (Å²) in [6.45, 7) is 10.2. The van der Waals surface area contributed by atoms with Crippen LogP contribution in [0.5, 0.6) is 0 Å². The average Bonchev–Trinajstić information content (AvgIpc) is 2.93. The van der Waals surface area contributed by atoms with Crippen molar-refractivity contribution in [1.82, 2.24) is 0 Å². The van der Waals surface area contributed by atoms with Gasteiger partial charge in [0.2, 0.25) is 0 Å². The highest BCUT2D eigenvalue weighted by atomic mass is 16.6. The normalized spacial score (nSPS) is 11.5. The quantitative estimate of drug-likeness (QED) is 0.0910. The average molecular weight is 543 g/mol. The van der Waals surface area contributed by atoms with Crippen LogP contribution in [0.2, 0.25) is 0 Å². The lowest BCUT2D eigenvalue weighted by atomic mass is 9.87. The van der Waals surface area contributed by atoms with Gasteiger partial charge in [-0.2, -0.15) is 0 Å². The van der Waals surface area contributed by atoms with Crippen molar-refractivity contribution < 1.29 is 47.6 Å². The molecular weight excluding hydrogens is 496 g/mol. The molecule has 10 heteroatoms. The fourth-order valence-corrected chi connectivity index (χ4v) is 3.09. The van der Waals surface area contributed by atoms with Crippen molar-refractivity contribution in [2.24, 2.45) is 11.3 Å². The van der Waals surface area contributed by atoms with E-state index in [4.69, 9.17) is 28.4 Å². The molecule has 0 aromatic heterocycles. The first kappa shape index (κ1) is 35.2. The predicted molar refractivity (Wildman–Crippen MR) is 140 cm³/mol. The first-order valence-electron chi connectivity index (χ1n) is 13.6. The molecule has 0 aromatic carbocycles. The summed E-state index contributed by atoms with van der Waals surface area (Å²) >= 11 is 0. The zero-order valence-electron chi connectivity index (χ0n) is 23.8. The third-order valence-electron chi connectivity index (χ3n) is 5.60. The van der Waals surface area contributed by atoms with Crippen LogP contribution in [0.25, 0.3) is 0 Å². The van der Waals surface area contributed by atoms with Crippen LogP contribution >= 0.6 is 0 Å². The van der Waals surface area contributed by atoms with Crippen molar-refractivity contribution in [1.29, 1.82) is 0 Å². The van der Waals surface area contributed by atoms with Gasteiger partial charge in [-0.3, -0.25) is 19.2 Å². The zero-order valence-corrected chi connectivity index (χ0v) is 23.8. The summed E-state index contributed by atoms with van der Waals surface area (Å²) in [5.74, 6) is 1.72. The van der Waals surface area contributed by atoms with Gasteiger partial charge in [0, 0.05) is 38.9 Å². The molecule has 218 valence electrons. The molecule has 1 atom stereocenters. The Morgan fingerprint density at radius 3 is 1.79 bits per heavy atom. The van der Waals surface area contributed by atoms with Gasteiger partial charge < -0.3 is 28.4 Å². The van der Waals surface area contributed by atoms with Crippen molar-refractivity contribution in [2.45, 2.75) is 86.0 Å². The third kappa shape index (κ3) is 17.6. The van der Waals surface area contributed by atoms with Crippen LogP contribution in [-0.2, 0) is 47.6 Å². The monoisotopic (exact) mass is 542 g/mol. The van der Waals surface area contributed by atoms with Crippen molar-refractivity contribution >= 4 is 23.9 Å². The van der Waals surface area contributed by atoms with E-state index >= 15 is 0 Å². The second kappa shape index (κ2) is 22.2. The molecule has 0 saturated carbocycles. The minimum Gasteiger partial charge on any atom is -0.466 e. The summed E-state index contributed by atoms with van der Waals surface area (Å²) in [6.07, 6.45) is 6.02. The number of hydrogen-bond donors (Lipinski definition) is 0. The minimum atomic E-state index is -0.967. The minimum absolute atomic E-state index is 0.0387. The molecule has 0 aliphatic carbocycles. The van der Waals surface area contributed by atoms with Gasteiger partial charge in [0.1, 0.15) is 24.7 Å². The Bertz CT molecular complexity index is 732. The molecule has 38 heavy (non-hydrogen) atoms. The Kier molecular flexibility index (Phi) is 20.6. The zero-order chi connectivity index (χ0) is 28.7. The number of rotatable bonds is 21. The van der Waals surface area contributed by atoms with E-state index in [0.29, 0.717) is 45.3 Å². The first-order chi connectivity index (χ1) is 18.2. The molecule has 0 N–H and O–H groups in total. The summed E-state index contributed by atoms with van der Waals surface area (Å²) in [4.78, 5) is 46.6. The lowest BCUT2D eigenvalue weighted by Gasteiger charge is -2.27. The Balaban J connectivity index is 4.98. The Labute approximate surface area is 227 Å². The Hall–Kier alpha value is -2.80. The lowest BCUT2D eigenvalue weighted by molar-refractivity contribution is -0.152. The van der Waals surface area contributed by atoms with E-state index < -0.39 is 5.41 Å². The van der Waals surface area contributed by atoms with Crippen molar-refractivity contribution in [2.75, 3.05) is 46.2 Å². The van der Waals surface area contributed by atoms with Gasteiger partial charge in [0.25, 0.3) is 0 Å². The molecule has 0 heterocycles. The molecule has 0 bridgehead atoms. The fourth-order valence-electron chi connectivity index (χ4n) is 3.09. The summed E-state index contributed by atoms with van der Waals surface area (Å²) in [6, 6.07) is 0. The highest BCUT2D eigenvalue weighted by Gasteiger charge is 2.32. The molecular formula is C28H46O10. The second-order valence-electron chi connectivity index (χ2n) is 8.74. The van der Waals surface area contributed by atoms with E-state index in [2.05, 4.69) is 12.0 Å². The maximum absolute atomic E-state index is 11.8. The largest absolute Gasteiger partial charge is 0.466 e. The van der Waals surface area contributed by atoms with Crippen molar-refractivity contribution in [3.05, 3.63) is 0 Å². The van der Waals surface area contributed by atoms with E-state index in [0.717, 1.165) is 6.42 Å². The van der Waals surface area contributed by atoms with Crippen LogP contribution in [0.1, 0.15) is 86.0 Å². The first-order valence-corrected chi connectivity index (χ1v) is 13.6. The molecule has 0 aromatic rings. The molecule has 0 aliphatic rings. The number of ether oxygens (including phenoxy) is 6. The molecule has 0 spiro atoms. The SMILES string of the molecule is CCOC#CC(CCOCCCC(CCOC(=O)CC)COC(=O)CC)(COC(=O)CC)COC(=O)CC. The number of carbonyl (C=O) groups excluding carboxylic acids is 4. The highest BCUT2D eigenvalue weighted by molar-refractivity contribution is 5.70. The molecule has 0 aliphatic heterocycles. The van der Waals surface area contributed by atoms with E-state index in [-0.39, 0.29) is 75.7 Å². The molecule has 10 nitrogen and oxygen atoms in total. The number of esters is 4. The maximum atomic E-state index is 11.8. The molecule has 0 radical (unpaired) electrons. The van der Waals surface area contributed by atoms with Crippen molar-refractivity contribution in [3.8, 4) is 12.0 Å². The summed E-state index contributed by atoms with van der Waals surface area (Å²) in [5.41, 5.74) is -0.967. The third-order valence-corrected chi connectivity index (χ3v) is 5.60. The van der Waals surface area contributed by atoms with Crippen LogP contribution in [0.15, 0.2) is 0 Å². The maximum Gasteiger partial charge on any atom is 0.305 e. The lowest BCUT2D eigenvalue weighted by Crippen LogP contribution is -2.34. The van der Waals surface area contributed by atoms with Gasteiger partial charge in [0.15, 0.2) is 0 Å². The predicted octanol–water partition coefficient (Wildman–Crippen LogP) is 3.98. The second-order valence-corrected chi connectivity index (χ2v) is 8.74. The molecule has 1 unspecified atom stereocenters. The van der Waals surface area contributed by atoms with Crippen LogP contribution < -0.4 is 0 Å². The van der Waals surface area contributed by atoms with Gasteiger partial charge >= 0.3 is 23.9 Å². The van der Waals surface area contributed by atoms with Gasteiger partial charge in [-0.15, -0.1) is 0 Å². The van der Waals surface area contributed by atoms with E-state index in [1.54, 1.807) is 34.6 Å². The van der Waals surface area contributed by atoms with Gasteiger partial charge in [0.05, 0.1) is 19.8 Å². The fraction of sp³-hybridized carbons (Fsp3) is 0.786. The molecule has 0 saturated heterocycles.